The van der Waals surface area contributed by atoms with Gasteiger partial charge in [-0.05, 0) is 19.9 Å². The van der Waals surface area contributed by atoms with Crippen molar-refractivity contribution >= 4 is 24.0 Å². The van der Waals surface area contributed by atoms with Crippen LogP contribution in [0.2, 0.25) is 0 Å². The molecule has 0 aromatic heterocycles. The van der Waals surface area contributed by atoms with Gasteiger partial charge in [0.2, 0.25) is 0 Å². The molecule has 2 heterocycles. The van der Waals surface area contributed by atoms with Crippen molar-refractivity contribution in [3.63, 3.8) is 0 Å². The summed E-state index contributed by atoms with van der Waals surface area (Å²) < 4.78 is 4.92. The van der Waals surface area contributed by atoms with Crippen LogP contribution < -0.4 is 0 Å². The van der Waals surface area contributed by atoms with E-state index < -0.39 is 18.2 Å². The molecule has 134 valence electrons. The predicted octanol–water partition coefficient (Wildman–Crippen LogP) is 0.549. The van der Waals surface area contributed by atoms with Crippen molar-refractivity contribution < 1.29 is 24.5 Å². The number of rotatable bonds is 2. The summed E-state index contributed by atoms with van der Waals surface area (Å²) in [5.74, 6) is 0.866. The minimum absolute atomic E-state index is 0.255. The number of aliphatic hydroxyl groups is 1. The lowest BCUT2D eigenvalue weighted by Gasteiger charge is -2.22. The SMILES string of the molecule is C#C.C#C.C#C.CN1CSC[C@H]1C(=O)O.O=C[C@@H]1OCCC[C@@H]1O. The molecule has 0 aliphatic carbocycles. The second-order valence-corrected chi connectivity index (χ2v) is 5.29. The van der Waals surface area contributed by atoms with Crippen LogP contribution in [0, 0.1) is 38.5 Å². The number of carboxylic acids is 1. The maximum absolute atomic E-state index is 10.4. The first-order valence-corrected chi connectivity index (χ1v) is 7.97. The van der Waals surface area contributed by atoms with E-state index in [1.165, 1.54) is 0 Å². The second-order valence-electron chi connectivity index (χ2n) is 4.29. The lowest BCUT2D eigenvalue weighted by molar-refractivity contribution is -0.141. The maximum Gasteiger partial charge on any atom is 0.321 e. The quantitative estimate of drug-likeness (QED) is 0.552. The normalized spacial score (nSPS) is 24.6. The molecule has 0 amide bonds. The maximum atomic E-state index is 10.4. The van der Waals surface area contributed by atoms with E-state index in [-0.39, 0.29) is 6.04 Å². The first kappa shape index (κ1) is 26.9. The smallest absolute Gasteiger partial charge is 0.321 e. The number of carbonyl (C=O) groups is 2. The Morgan fingerprint density at radius 1 is 1.25 bits per heavy atom. The molecule has 24 heavy (non-hydrogen) atoms. The summed E-state index contributed by atoms with van der Waals surface area (Å²) in [5, 5.41) is 17.5. The van der Waals surface area contributed by atoms with Gasteiger partial charge in [0.25, 0.3) is 0 Å². The van der Waals surface area contributed by atoms with Crippen molar-refractivity contribution in [3.8, 4) is 38.5 Å². The van der Waals surface area contributed by atoms with Gasteiger partial charge in [-0.25, -0.2) is 0 Å². The number of aliphatic hydroxyl groups excluding tert-OH is 1. The van der Waals surface area contributed by atoms with Crippen LogP contribution in [0.4, 0.5) is 0 Å². The molecule has 0 bridgehead atoms. The number of carbonyl (C=O) groups excluding carboxylic acids is 1. The zero-order chi connectivity index (χ0) is 19.5. The molecule has 2 N–H and O–H groups in total. The highest BCUT2D eigenvalue weighted by Gasteiger charge is 2.27. The molecule has 6 nitrogen and oxygen atoms in total. The van der Waals surface area contributed by atoms with E-state index in [1.54, 1.807) is 11.8 Å². The molecule has 2 fully saturated rings. The average Bonchev–Trinajstić information content (AvgIpc) is 3.07. The molecule has 2 aliphatic heterocycles. The van der Waals surface area contributed by atoms with Gasteiger partial charge >= 0.3 is 5.97 Å². The minimum atomic E-state index is -0.706. The molecule has 2 saturated heterocycles. The van der Waals surface area contributed by atoms with Gasteiger partial charge in [0.15, 0.2) is 6.29 Å². The monoisotopic (exact) mass is 355 g/mol. The number of likely N-dealkylation sites (N-methyl/N-ethyl adjacent to an activating group) is 1. The van der Waals surface area contributed by atoms with Crippen LogP contribution in [0.15, 0.2) is 0 Å². The fourth-order valence-corrected chi connectivity index (χ4v) is 2.90. The summed E-state index contributed by atoms with van der Waals surface area (Å²) in [6.07, 6.45) is 25.0. The summed E-state index contributed by atoms with van der Waals surface area (Å²) >= 11 is 1.66. The molecule has 0 radical (unpaired) electrons. The standard InChI is InChI=1S/C6H10O3.C5H9NO2S.3C2H2/c7-4-6-5(8)2-1-3-9-6;1-6-3-9-2-4(6)5(7)8;3*1-2/h4-6,8H,1-3H2;4H,2-3H2,1H3,(H,7,8);3*1-2H/t5-,6-;4-;;;/m00.../s1. The summed E-state index contributed by atoms with van der Waals surface area (Å²) in [5.41, 5.74) is 0. The summed E-state index contributed by atoms with van der Waals surface area (Å²) in [7, 11) is 1.83. The van der Waals surface area contributed by atoms with Crippen molar-refractivity contribution in [2.75, 3.05) is 25.3 Å². The van der Waals surface area contributed by atoms with Crippen LogP contribution in [0.5, 0.6) is 0 Å². The molecule has 3 atom stereocenters. The highest BCUT2D eigenvalue weighted by Crippen LogP contribution is 2.18. The predicted molar refractivity (Wildman–Crippen MR) is 97.2 cm³/mol. The number of thioether (sulfide) groups is 1. The number of nitrogens with zero attached hydrogens (tertiary/aromatic N) is 1. The summed E-state index contributed by atoms with van der Waals surface area (Å²) in [4.78, 5) is 22.3. The Morgan fingerprint density at radius 2 is 1.79 bits per heavy atom. The van der Waals surface area contributed by atoms with E-state index in [1.807, 2.05) is 11.9 Å². The number of hydrogen-bond donors (Lipinski definition) is 2. The van der Waals surface area contributed by atoms with Crippen LogP contribution in [0.3, 0.4) is 0 Å². The van der Waals surface area contributed by atoms with Crippen molar-refractivity contribution in [1.29, 1.82) is 0 Å². The zero-order valence-electron chi connectivity index (χ0n) is 13.8. The zero-order valence-corrected chi connectivity index (χ0v) is 14.6. The van der Waals surface area contributed by atoms with Gasteiger partial charge in [0, 0.05) is 18.2 Å². The topological polar surface area (TPSA) is 87.1 Å². The number of terminal acetylenes is 3. The third kappa shape index (κ3) is 11.6. The number of aliphatic carboxylic acids is 1. The van der Waals surface area contributed by atoms with Crippen molar-refractivity contribution in [3.05, 3.63) is 0 Å². The molecule has 2 aliphatic rings. The molecule has 7 heteroatoms. The Labute approximate surface area is 148 Å². The fraction of sp³-hybridized carbons (Fsp3) is 0.529. The second kappa shape index (κ2) is 19.1. The van der Waals surface area contributed by atoms with Crippen molar-refractivity contribution in [2.24, 2.45) is 0 Å². The summed E-state index contributed by atoms with van der Waals surface area (Å²) in [6, 6.07) is -0.255. The van der Waals surface area contributed by atoms with Crippen molar-refractivity contribution in [1.82, 2.24) is 4.90 Å². The van der Waals surface area contributed by atoms with Crippen LogP contribution >= 0.6 is 11.8 Å². The molecule has 0 aromatic rings. The first-order valence-electron chi connectivity index (χ1n) is 6.82. The van der Waals surface area contributed by atoms with Gasteiger partial charge < -0.3 is 19.7 Å². The van der Waals surface area contributed by atoms with Gasteiger partial charge in [-0.15, -0.1) is 50.3 Å². The van der Waals surface area contributed by atoms with E-state index in [9.17, 15) is 9.59 Å². The minimum Gasteiger partial charge on any atom is -0.480 e. The molecule has 0 unspecified atom stereocenters. The highest BCUT2D eigenvalue weighted by molar-refractivity contribution is 7.99. The first-order chi connectivity index (χ1) is 11.6. The van der Waals surface area contributed by atoms with Crippen LogP contribution in [-0.4, -0.2) is 70.9 Å². The van der Waals surface area contributed by atoms with Crippen LogP contribution in [-0.2, 0) is 14.3 Å². The number of ether oxygens (including phenoxy) is 1. The highest BCUT2D eigenvalue weighted by atomic mass is 32.2. The van der Waals surface area contributed by atoms with Gasteiger partial charge in [-0.2, -0.15) is 0 Å². The lowest BCUT2D eigenvalue weighted by Crippen LogP contribution is -2.34. The molecule has 0 saturated carbocycles. The molecule has 0 aromatic carbocycles. The average molecular weight is 355 g/mol. The van der Waals surface area contributed by atoms with E-state index in [2.05, 4.69) is 38.5 Å². The fourth-order valence-electron chi connectivity index (χ4n) is 1.70. The number of carboxylic acid groups (broad SMARTS) is 1. The number of aldehydes is 1. The molecular weight excluding hydrogens is 330 g/mol. The Balaban J connectivity index is -0.000000281. The van der Waals surface area contributed by atoms with Crippen molar-refractivity contribution in [2.45, 2.75) is 31.1 Å². The van der Waals surface area contributed by atoms with E-state index in [0.717, 1.165) is 18.1 Å². The molecular formula is C17H25NO5S. The lowest BCUT2D eigenvalue weighted by atomic mass is 10.1. The third-order valence-corrected chi connectivity index (χ3v) is 4.00. The van der Waals surface area contributed by atoms with Gasteiger partial charge in [-0.1, -0.05) is 0 Å². The molecule has 0 spiro atoms. The van der Waals surface area contributed by atoms with Gasteiger partial charge in [-0.3, -0.25) is 9.69 Å². The van der Waals surface area contributed by atoms with Crippen LogP contribution in [0.25, 0.3) is 0 Å². The Bertz CT molecular complexity index is 380. The molecule has 2 rings (SSSR count). The Kier molecular flexibility index (Phi) is 21.4. The van der Waals surface area contributed by atoms with Gasteiger partial charge in [0.05, 0.1) is 6.10 Å². The van der Waals surface area contributed by atoms with E-state index in [0.29, 0.717) is 19.3 Å². The van der Waals surface area contributed by atoms with E-state index in [4.69, 9.17) is 14.9 Å². The number of hydrogen-bond acceptors (Lipinski definition) is 6. The summed E-state index contributed by atoms with van der Waals surface area (Å²) in [6.45, 7) is 0.598. The van der Waals surface area contributed by atoms with Gasteiger partial charge in [0.1, 0.15) is 12.1 Å². The Morgan fingerprint density at radius 3 is 2.04 bits per heavy atom. The van der Waals surface area contributed by atoms with E-state index >= 15 is 0 Å². The third-order valence-electron chi connectivity index (χ3n) is 2.86. The largest absolute Gasteiger partial charge is 0.480 e. The Hall–Kier alpha value is -1.95. The van der Waals surface area contributed by atoms with Crippen LogP contribution in [0.1, 0.15) is 12.8 Å².